The molecular weight excluding hydrogens is 616 g/mol. The predicted octanol–water partition coefficient (Wildman–Crippen LogP) is 6.07. The van der Waals surface area contributed by atoms with Crippen molar-refractivity contribution in [2.45, 2.75) is 37.1 Å². The molecule has 0 radical (unpaired) electrons. The zero-order valence-electron chi connectivity index (χ0n) is 22.0. The number of sulfonamides is 1. The summed E-state index contributed by atoms with van der Waals surface area (Å²) in [4.78, 5) is 28.6. The van der Waals surface area contributed by atoms with E-state index in [-0.39, 0.29) is 33.1 Å². The highest BCUT2D eigenvalue weighted by molar-refractivity contribution is 9.10. The Morgan fingerprint density at radius 2 is 1.73 bits per heavy atom. The van der Waals surface area contributed by atoms with Crippen LogP contribution in [0.4, 0.5) is 5.69 Å². The first kappa shape index (κ1) is 28.2. The molecule has 0 bridgehead atoms. The molecule has 1 aliphatic heterocycles. The van der Waals surface area contributed by atoms with Crippen molar-refractivity contribution in [3.8, 4) is 5.69 Å². The van der Waals surface area contributed by atoms with Crippen LogP contribution in [0.1, 0.15) is 46.9 Å². The second-order valence-corrected chi connectivity index (χ2v) is 12.6. The lowest BCUT2D eigenvalue weighted by Gasteiger charge is -2.36. The molecule has 11 heteroatoms. The number of carbonyl (C=O) groups excluding carboxylic acids is 1. The van der Waals surface area contributed by atoms with Crippen LogP contribution in [-0.4, -0.2) is 35.1 Å². The molecule has 3 aromatic carbocycles. The lowest BCUT2D eigenvalue weighted by atomic mass is 9.94. The van der Waals surface area contributed by atoms with Crippen molar-refractivity contribution in [2.75, 3.05) is 11.3 Å². The molecule has 1 amide bonds. The monoisotopic (exact) mass is 642 g/mol. The van der Waals surface area contributed by atoms with Crippen LogP contribution in [0.5, 0.6) is 0 Å². The Labute approximate surface area is 246 Å². The van der Waals surface area contributed by atoms with E-state index in [0.717, 1.165) is 29.3 Å². The van der Waals surface area contributed by atoms with E-state index in [4.69, 9.17) is 11.6 Å². The summed E-state index contributed by atoms with van der Waals surface area (Å²) in [6.07, 6.45) is 2.64. The minimum Gasteiger partial charge on any atom is -0.332 e. The van der Waals surface area contributed by atoms with Crippen LogP contribution in [0.25, 0.3) is 5.69 Å². The second kappa shape index (κ2) is 11.3. The Hall–Kier alpha value is -3.34. The van der Waals surface area contributed by atoms with Crippen LogP contribution in [0.3, 0.4) is 0 Å². The largest absolute Gasteiger partial charge is 0.332 e. The van der Waals surface area contributed by atoms with E-state index in [0.29, 0.717) is 17.9 Å². The van der Waals surface area contributed by atoms with E-state index >= 15 is 0 Å². The van der Waals surface area contributed by atoms with Gasteiger partial charge in [0, 0.05) is 23.6 Å². The highest BCUT2D eigenvalue weighted by Crippen LogP contribution is 2.36. The van der Waals surface area contributed by atoms with Gasteiger partial charge in [-0.3, -0.25) is 19.0 Å². The third-order valence-corrected chi connectivity index (χ3v) is 9.84. The summed E-state index contributed by atoms with van der Waals surface area (Å²) >= 11 is 9.96. The number of piperidine rings is 1. The van der Waals surface area contributed by atoms with Crippen molar-refractivity contribution in [3.63, 3.8) is 0 Å². The number of aromatic nitrogens is 2. The smallest absolute Gasteiger partial charge is 0.296 e. The zero-order valence-corrected chi connectivity index (χ0v) is 25.1. The molecular formula is C29H28BrClN4O4S. The molecule has 0 aliphatic carbocycles. The van der Waals surface area contributed by atoms with Gasteiger partial charge in [0.1, 0.15) is 10.6 Å². The predicted molar refractivity (Wildman–Crippen MR) is 160 cm³/mol. The van der Waals surface area contributed by atoms with E-state index in [1.807, 2.05) is 30.3 Å². The van der Waals surface area contributed by atoms with Crippen molar-refractivity contribution in [1.29, 1.82) is 0 Å². The third kappa shape index (κ3) is 5.23. The second-order valence-electron chi connectivity index (χ2n) is 9.72. The van der Waals surface area contributed by atoms with Gasteiger partial charge in [0.05, 0.1) is 22.4 Å². The molecule has 0 spiro atoms. The number of nitrogens with zero attached hydrogens (tertiary/aromatic N) is 3. The standard InChI is InChI=1S/C29H28BrClN4O4S/c1-19-27(29(37)35(33(19)2)21-10-4-3-5-11-21)32-40(38,39)26-18-20(15-16-24(26)31)28(36)34-17-9-8-14-25(34)22-12-6-7-13-23(22)30/h3-7,10-13,15-16,18,25,32H,8-9,14,17H2,1-2H3. The SMILES string of the molecule is Cc1c(NS(=O)(=O)c2cc(C(=O)N3CCCCC3c3ccccc3Br)ccc2Cl)c(=O)n(-c2ccccc2)n1C. The highest BCUT2D eigenvalue weighted by atomic mass is 79.9. The topological polar surface area (TPSA) is 93.4 Å². The number of hydrogen-bond donors (Lipinski definition) is 1. The summed E-state index contributed by atoms with van der Waals surface area (Å²) in [5.74, 6) is -0.282. The Morgan fingerprint density at radius 1 is 1.02 bits per heavy atom. The number of anilines is 1. The number of nitrogens with one attached hydrogen (secondary N) is 1. The molecule has 1 aromatic heterocycles. The number of halogens is 2. The molecule has 1 unspecified atom stereocenters. The first-order valence-corrected chi connectivity index (χ1v) is 15.5. The number of hydrogen-bond acceptors (Lipinski definition) is 4. The van der Waals surface area contributed by atoms with Crippen LogP contribution in [-0.2, 0) is 17.1 Å². The number of benzene rings is 3. The zero-order chi connectivity index (χ0) is 28.6. The summed E-state index contributed by atoms with van der Waals surface area (Å²) in [6, 6.07) is 20.8. The van der Waals surface area contributed by atoms with Gasteiger partial charge >= 0.3 is 0 Å². The number of rotatable bonds is 6. The van der Waals surface area contributed by atoms with Crippen molar-refractivity contribution in [1.82, 2.24) is 14.3 Å². The molecule has 1 aliphatic rings. The molecule has 8 nitrogen and oxygen atoms in total. The molecule has 4 aromatic rings. The molecule has 208 valence electrons. The maximum absolute atomic E-state index is 13.8. The molecule has 0 saturated carbocycles. The van der Waals surface area contributed by atoms with Crippen molar-refractivity contribution in [3.05, 3.63) is 109 Å². The first-order valence-electron chi connectivity index (χ1n) is 12.8. The van der Waals surface area contributed by atoms with E-state index in [1.165, 1.54) is 22.9 Å². The van der Waals surface area contributed by atoms with Gasteiger partial charge in [-0.05, 0) is 68.1 Å². The molecule has 1 saturated heterocycles. The average molecular weight is 644 g/mol. The summed E-state index contributed by atoms with van der Waals surface area (Å²) in [6.45, 7) is 2.20. The van der Waals surface area contributed by atoms with Crippen LogP contribution in [0.2, 0.25) is 5.02 Å². The maximum atomic E-state index is 13.8. The Bertz CT molecular complexity index is 1750. The molecule has 1 atom stereocenters. The van der Waals surface area contributed by atoms with Gasteiger partial charge in [-0.1, -0.05) is 63.9 Å². The van der Waals surface area contributed by atoms with Crippen molar-refractivity contribution >= 4 is 49.1 Å². The average Bonchev–Trinajstić information content (AvgIpc) is 3.16. The molecule has 5 rings (SSSR count). The molecule has 1 N–H and O–H groups in total. The van der Waals surface area contributed by atoms with Gasteiger partial charge in [-0.25, -0.2) is 13.1 Å². The minimum absolute atomic E-state index is 0.0537. The van der Waals surface area contributed by atoms with Crippen LogP contribution in [0.15, 0.2) is 87.0 Å². The van der Waals surface area contributed by atoms with Gasteiger partial charge in [-0.2, -0.15) is 0 Å². The lowest BCUT2D eigenvalue weighted by molar-refractivity contribution is 0.0610. The van der Waals surface area contributed by atoms with Crippen LogP contribution >= 0.6 is 27.5 Å². The van der Waals surface area contributed by atoms with Gasteiger partial charge in [-0.15, -0.1) is 0 Å². The summed E-state index contributed by atoms with van der Waals surface area (Å²) in [5, 5.41) is -0.0537. The fourth-order valence-corrected chi connectivity index (χ4v) is 7.32. The van der Waals surface area contributed by atoms with Gasteiger partial charge in [0.25, 0.3) is 21.5 Å². The number of para-hydroxylation sites is 1. The Morgan fingerprint density at radius 3 is 2.45 bits per heavy atom. The van der Waals surface area contributed by atoms with E-state index < -0.39 is 15.6 Å². The summed E-state index contributed by atoms with van der Waals surface area (Å²) in [7, 11) is -2.65. The van der Waals surface area contributed by atoms with Crippen molar-refractivity contribution in [2.24, 2.45) is 7.05 Å². The normalized spacial score (nSPS) is 15.7. The number of amides is 1. The maximum Gasteiger partial charge on any atom is 0.296 e. The van der Waals surface area contributed by atoms with E-state index in [1.54, 1.807) is 47.8 Å². The number of carbonyl (C=O) groups is 1. The fourth-order valence-electron chi connectivity index (χ4n) is 5.13. The van der Waals surface area contributed by atoms with Crippen LogP contribution < -0.4 is 10.3 Å². The summed E-state index contributed by atoms with van der Waals surface area (Å²) < 4.78 is 33.5. The minimum atomic E-state index is -4.32. The first-order chi connectivity index (χ1) is 19.1. The van der Waals surface area contributed by atoms with E-state index in [2.05, 4.69) is 20.7 Å². The molecule has 40 heavy (non-hydrogen) atoms. The van der Waals surface area contributed by atoms with E-state index in [9.17, 15) is 18.0 Å². The van der Waals surface area contributed by atoms with Gasteiger partial charge in [0.15, 0.2) is 0 Å². The van der Waals surface area contributed by atoms with Gasteiger partial charge in [0.2, 0.25) is 0 Å². The summed E-state index contributed by atoms with van der Waals surface area (Å²) in [5.41, 5.74) is 1.61. The van der Waals surface area contributed by atoms with Crippen molar-refractivity contribution < 1.29 is 13.2 Å². The molecule has 1 fully saturated rings. The Kier molecular flexibility index (Phi) is 7.94. The highest BCUT2D eigenvalue weighted by Gasteiger charge is 2.31. The van der Waals surface area contributed by atoms with Crippen LogP contribution in [0, 0.1) is 6.92 Å². The fraction of sp³-hybridized carbons (Fsp3) is 0.241. The van der Waals surface area contributed by atoms with Gasteiger partial charge < -0.3 is 4.90 Å². The lowest BCUT2D eigenvalue weighted by Crippen LogP contribution is -2.38. The number of likely N-dealkylation sites (tertiary alicyclic amines) is 1. The Balaban J connectivity index is 1.49. The molecule has 2 heterocycles. The third-order valence-electron chi connectivity index (χ3n) is 7.29. The quantitative estimate of drug-likeness (QED) is 0.276.